The highest BCUT2D eigenvalue weighted by Gasteiger charge is 2.26. The predicted molar refractivity (Wildman–Crippen MR) is 98.3 cm³/mol. The standard InChI is InChI=1S/C21H20N2O2/c1-13-9-19(18-11-16(25-2)7-8-20(18)23-13)21(24)22-12-15-10-14-5-3-4-6-17(14)15/h3-9,11,15H,10,12H2,1-2H3,(H,22,24). The van der Waals surface area contributed by atoms with E-state index in [9.17, 15) is 4.79 Å². The topological polar surface area (TPSA) is 51.2 Å². The van der Waals surface area contributed by atoms with Gasteiger partial charge in [-0.25, -0.2) is 0 Å². The van der Waals surface area contributed by atoms with E-state index in [-0.39, 0.29) is 5.91 Å². The van der Waals surface area contributed by atoms with Crippen LogP contribution in [0.15, 0.2) is 48.5 Å². The van der Waals surface area contributed by atoms with Gasteiger partial charge in [0.25, 0.3) is 5.91 Å². The average molecular weight is 332 g/mol. The highest BCUT2D eigenvalue weighted by Crippen LogP contribution is 2.34. The number of carbonyl (C=O) groups excluding carboxylic acids is 1. The van der Waals surface area contributed by atoms with Crippen molar-refractivity contribution in [2.45, 2.75) is 19.3 Å². The van der Waals surface area contributed by atoms with E-state index in [1.165, 1.54) is 11.1 Å². The molecule has 126 valence electrons. The second kappa shape index (κ2) is 6.20. The van der Waals surface area contributed by atoms with Crippen LogP contribution in [0.1, 0.15) is 33.1 Å². The van der Waals surface area contributed by atoms with E-state index in [1.54, 1.807) is 7.11 Å². The fourth-order valence-corrected chi connectivity index (χ4v) is 3.51. The van der Waals surface area contributed by atoms with E-state index in [2.05, 4.69) is 34.6 Å². The summed E-state index contributed by atoms with van der Waals surface area (Å²) in [5, 5.41) is 3.91. The van der Waals surface area contributed by atoms with Gasteiger partial charge < -0.3 is 10.1 Å². The van der Waals surface area contributed by atoms with Crippen molar-refractivity contribution in [2.75, 3.05) is 13.7 Å². The summed E-state index contributed by atoms with van der Waals surface area (Å²) in [6.45, 7) is 2.56. The predicted octanol–water partition coefficient (Wildman–Crippen LogP) is 3.62. The molecular weight excluding hydrogens is 312 g/mol. The zero-order valence-electron chi connectivity index (χ0n) is 14.4. The maximum Gasteiger partial charge on any atom is 0.252 e. The number of aryl methyl sites for hydroxylation is 1. The Balaban J connectivity index is 1.58. The Morgan fingerprint density at radius 1 is 1.24 bits per heavy atom. The molecule has 4 heteroatoms. The van der Waals surface area contributed by atoms with Gasteiger partial charge in [-0.3, -0.25) is 9.78 Å². The van der Waals surface area contributed by atoms with Gasteiger partial charge in [0.2, 0.25) is 0 Å². The molecule has 0 bridgehead atoms. The van der Waals surface area contributed by atoms with E-state index in [0.717, 1.165) is 28.8 Å². The van der Waals surface area contributed by atoms with Crippen molar-refractivity contribution in [1.82, 2.24) is 10.3 Å². The molecule has 1 amide bonds. The summed E-state index contributed by atoms with van der Waals surface area (Å²) in [6, 6.07) is 15.9. The number of fused-ring (bicyclic) bond motifs is 2. The molecule has 4 rings (SSSR count). The third-order valence-corrected chi connectivity index (χ3v) is 4.86. The van der Waals surface area contributed by atoms with Crippen molar-refractivity contribution in [3.63, 3.8) is 0 Å². The Bertz CT molecular complexity index is 965. The number of methoxy groups -OCH3 is 1. The first-order valence-corrected chi connectivity index (χ1v) is 8.47. The lowest BCUT2D eigenvalue weighted by molar-refractivity contribution is 0.0951. The molecule has 1 heterocycles. The van der Waals surface area contributed by atoms with Gasteiger partial charge in [0.1, 0.15) is 5.75 Å². The molecule has 1 N–H and O–H groups in total. The van der Waals surface area contributed by atoms with Crippen molar-refractivity contribution < 1.29 is 9.53 Å². The Labute approximate surface area is 146 Å². The van der Waals surface area contributed by atoms with Crippen LogP contribution >= 0.6 is 0 Å². The Kier molecular flexibility index (Phi) is 3.88. The average Bonchev–Trinajstić information content (AvgIpc) is 2.61. The largest absolute Gasteiger partial charge is 0.497 e. The molecular formula is C21H20N2O2. The summed E-state index contributed by atoms with van der Waals surface area (Å²) >= 11 is 0. The van der Waals surface area contributed by atoms with Crippen LogP contribution in [0, 0.1) is 6.92 Å². The monoisotopic (exact) mass is 332 g/mol. The summed E-state index contributed by atoms with van der Waals surface area (Å²) in [5.41, 5.74) is 5.02. The number of amides is 1. The molecule has 1 atom stereocenters. The lowest BCUT2D eigenvalue weighted by Crippen LogP contribution is -2.33. The Morgan fingerprint density at radius 3 is 2.88 bits per heavy atom. The van der Waals surface area contributed by atoms with Crippen LogP contribution in [0.2, 0.25) is 0 Å². The molecule has 1 aliphatic carbocycles. The van der Waals surface area contributed by atoms with Gasteiger partial charge in [-0.05, 0) is 48.7 Å². The van der Waals surface area contributed by atoms with E-state index < -0.39 is 0 Å². The third kappa shape index (κ3) is 2.84. The summed E-state index contributed by atoms with van der Waals surface area (Å²) in [6.07, 6.45) is 1.03. The van der Waals surface area contributed by atoms with Crippen LogP contribution < -0.4 is 10.1 Å². The maximum absolute atomic E-state index is 12.8. The van der Waals surface area contributed by atoms with Gasteiger partial charge in [-0.2, -0.15) is 0 Å². The van der Waals surface area contributed by atoms with Crippen LogP contribution in [0.3, 0.4) is 0 Å². The normalized spacial score (nSPS) is 15.4. The Morgan fingerprint density at radius 2 is 2.08 bits per heavy atom. The van der Waals surface area contributed by atoms with Crippen molar-refractivity contribution in [3.05, 3.63) is 70.9 Å². The molecule has 0 radical (unpaired) electrons. The molecule has 2 aromatic carbocycles. The highest BCUT2D eigenvalue weighted by molar-refractivity contribution is 6.06. The zero-order valence-corrected chi connectivity index (χ0v) is 14.4. The number of ether oxygens (including phenoxy) is 1. The molecule has 1 aromatic heterocycles. The minimum atomic E-state index is -0.0619. The first kappa shape index (κ1) is 15.6. The molecule has 25 heavy (non-hydrogen) atoms. The Hall–Kier alpha value is -2.88. The van der Waals surface area contributed by atoms with Gasteiger partial charge in [-0.15, -0.1) is 0 Å². The number of rotatable bonds is 4. The van der Waals surface area contributed by atoms with Crippen LogP contribution in [0.5, 0.6) is 5.75 Å². The lowest BCUT2D eigenvalue weighted by atomic mass is 9.77. The summed E-state index contributed by atoms with van der Waals surface area (Å²) in [4.78, 5) is 17.3. The number of hydrogen-bond acceptors (Lipinski definition) is 3. The molecule has 4 nitrogen and oxygen atoms in total. The highest BCUT2D eigenvalue weighted by atomic mass is 16.5. The lowest BCUT2D eigenvalue weighted by Gasteiger charge is -2.30. The first-order valence-electron chi connectivity index (χ1n) is 8.47. The number of benzene rings is 2. The molecule has 0 aliphatic heterocycles. The van der Waals surface area contributed by atoms with Gasteiger partial charge in [0.15, 0.2) is 0 Å². The molecule has 0 saturated carbocycles. The van der Waals surface area contributed by atoms with Crippen molar-refractivity contribution in [1.29, 1.82) is 0 Å². The number of carbonyl (C=O) groups is 1. The van der Waals surface area contributed by atoms with E-state index in [1.807, 2.05) is 31.2 Å². The van der Waals surface area contributed by atoms with Crippen molar-refractivity contribution >= 4 is 16.8 Å². The van der Waals surface area contributed by atoms with Crippen LogP contribution in [-0.4, -0.2) is 24.5 Å². The van der Waals surface area contributed by atoms with Crippen LogP contribution in [0.25, 0.3) is 10.9 Å². The van der Waals surface area contributed by atoms with Gasteiger partial charge >= 0.3 is 0 Å². The molecule has 0 fully saturated rings. The minimum Gasteiger partial charge on any atom is -0.497 e. The fourth-order valence-electron chi connectivity index (χ4n) is 3.51. The quantitative estimate of drug-likeness (QED) is 0.794. The third-order valence-electron chi connectivity index (χ3n) is 4.86. The number of pyridine rings is 1. The summed E-state index contributed by atoms with van der Waals surface area (Å²) in [5.74, 6) is 1.07. The smallest absolute Gasteiger partial charge is 0.252 e. The first-order chi connectivity index (χ1) is 12.2. The van der Waals surface area contributed by atoms with Gasteiger partial charge in [0.05, 0.1) is 18.2 Å². The number of nitrogens with zero attached hydrogens (tertiary/aromatic N) is 1. The van der Waals surface area contributed by atoms with Gasteiger partial charge in [-0.1, -0.05) is 24.3 Å². The van der Waals surface area contributed by atoms with Crippen molar-refractivity contribution in [3.8, 4) is 5.75 Å². The second-order valence-corrected chi connectivity index (χ2v) is 6.50. The van der Waals surface area contributed by atoms with E-state index in [4.69, 9.17) is 4.74 Å². The minimum absolute atomic E-state index is 0.0619. The second-order valence-electron chi connectivity index (χ2n) is 6.50. The SMILES string of the molecule is COc1ccc2nc(C)cc(C(=O)NCC3Cc4ccccc43)c2c1. The summed E-state index contributed by atoms with van der Waals surface area (Å²) in [7, 11) is 1.62. The molecule has 1 unspecified atom stereocenters. The van der Waals surface area contributed by atoms with Crippen LogP contribution in [0.4, 0.5) is 0 Å². The van der Waals surface area contributed by atoms with Crippen LogP contribution in [-0.2, 0) is 6.42 Å². The van der Waals surface area contributed by atoms with Crippen molar-refractivity contribution in [2.24, 2.45) is 0 Å². The molecule has 0 spiro atoms. The summed E-state index contributed by atoms with van der Waals surface area (Å²) < 4.78 is 5.29. The molecule has 0 saturated heterocycles. The number of nitrogens with one attached hydrogen (secondary N) is 1. The van der Waals surface area contributed by atoms with Gasteiger partial charge in [0, 0.05) is 23.5 Å². The number of hydrogen-bond donors (Lipinski definition) is 1. The van der Waals surface area contributed by atoms with E-state index in [0.29, 0.717) is 18.0 Å². The van der Waals surface area contributed by atoms with E-state index >= 15 is 0 Å². The molecule has 3 aromatic rings. The maximum atomic E-state index is 12.8. The fraction of sp³-hybridized carbons (Fsp3) is 0.238. The molecule has 1 aliphatic rings. The number of aromatic nitrogens is 1. The zero-order chi connectivity index (χ0) is 17.4.